The van der Waals surface area contributed by atoms with Crippen LogP contribution in [0.4, 0.5) is 0 Å². The standard InChI is InChI=1S/C9H20N2/c1-3-9(4-2)5-7-11-8-6-10/h3,11H,4-8,10H2,1-2H3/b9-3-. The number of rotatable bonds is 6. The Morgan fingerprint density at radius 3 is 2.64 bits per heavy atom. The molecule has 0 aliphatic heterocycles. The fourth-order valence-electron chi connectivity index (χ4n) is 1.00. The van der Waals surface area contributed by atoms with Crippen molar-refractivity contribution >= 4 is 0 Å². The van der Waals surface area contributed by atoms with Crippen LogP contribution in [0, 0.1) is 0 Å². The lowest BCUT2D eigenvalue weighted by Gasteiger charge is -2.04. The second-order valence-electron chi connectivity index (χ2n) is 2.59. The SMILES string of the molecule is C/C=C(/CC)CCNCCN. The van der Waals surface area contributed by atoms with Gasteiger partial charge in [0.2, 0.25) is 0 Å². The van der Waals surface area contributed by atoms with Gasteiger partial charge in [0.15, 0.2) is 0 Å². The highest BCUT2D eigenvalue weighted by atomic mass is 14.9. The lowest BCUT2D eigenvalue weighted by Crippen LogP contribution is -2.23. The van der Waals surface area contributed by atoms with E-state index in [1.54, 1.807) is 0 Å². The van der Waals surface area contributed by atoms with Gasteiger partial charge in [0.1, 0.15) is 0 Å². The van der Waals surface area contributed by atoms with Gasteiger partial charge < -0.3 is 11.1 Å². The summed E-state index contributed by atoms with van der Waals surface area (Å²) in [6.07, 6.45) is 4.53. The van der Waals surface area contributed by atoms with Gasteiger partial charge in [0.05, 0.1) is 0 Å². The summed E-state index contributed by atoms with van der Waals surface area (Å²) < 4.78 is 0. The molecular weight excluding hydrogens is 136 g/mol. The zero-order valence-electron chi connectivity index (χ0n) is 7.69. The maximum Gasteiger partial charge on any atom is 0.00746 e. The Balaban J connectivity index is 3.22. The fraction of sp³-hybridized carbons (Fsp3) is 0.778. The van der Waals surface area contributed by atoms with E-state index in [0.717, 1.165) is 26.1 Å². The van der Waals surface area contributed by atoms with Crippen molar-refractivity contribution in [3.63, 3.8) is 0 Å². The smallest absolute Gasteiger partial charge is 0.00746 e. The summed E-state index contributed by atoms with van der Waals surface area (Å²) in [5.41, 5.74) is 6.86. The van der Waals surface area contributed by atoms with Crippen molar-refractivity contribution in [2.45, 2.75) is 26.7 Å². The van der Waals surface area contributed by atoms with E-state index in [-0.39, 0.29) is 0 Å². The second-order valence-corrected chi connectivity index (χ2v) is 2.59. The lowest BCUT2D eigenvalue weighted by atomic mass is 10.1. The minimum Gasteiger partial charge on any atom is -0.329 e. The molecule has 0 rings (SSSR count). The van der Waals surface area contributed by atoms with Crippen LogP contribution >= 0.6 is 0 Å². The molecule has 11 heavy (non-hydrogen) atoms. The molecule has 0 saturated carbocycles. The highest BCUT2D eigenvalue weighted by Crippen LogP contribution is 2.03. The van der Waals surface area contributed by atoms with Gasteiger partial charge in [-0.25, -0.2) is 0 Å². The molecule has 2 heteroatoms. The van der Waals surface area contributed by atoms with Gasteiger partial charge in [-0.2, -0.15) is 0 Å². The van der Waals surface area contributed by atoms with E-state index < -0.39 is 0 Å². The average molecular weight is 156 g/mol. The van der Waals surface area contributed by atoms with Crippen LogP contribution in [0.3, 0.4) is 0 Å². The number of hydrogen-bond donors (Lipinski definition) is 2. The van der Waals surface area contributed by atoms with Crippen molar-refractivity contribution in [1.82, 2.24) is 5.32 Å². The predicted octanol–water partition coefficient (Wildman–Crippen LogP) is 1.28. The van der Waals surface area contributed by atoms with Gasteiger partial charge in [-0.1, -0.05) is 18.6 Å². The van der Waals surface area contributed by atoms with Gasteiger partial charge in [-0.15, -0.1) is 0 Å². The number of nitrogens with one attached hydrogen (secondary N) is 1. The molecule has 3 N–H and O–H groups in total. The molecule has 0 spiro atoms. The molecule has 0 bridgehead atoms. The van der Waals surface area contributed by atoms with Crippen molar-refractivity contribution in [3.8, 4) is 0 Å². The van der Waals surface area contributed by atoms with Crippen molar-refractivity contribution in [1.29, 1.82) is 0 Å². The first-order valence-corrected chi connectivity index (χ1v) is 4.40. The van der Waals surface area contributed by atoms with E-state index >= 15 is 0 Å². The largest absolute Gasteiger partial charge is 0.329 e. The highest BCUT2D eigenvalue weighted by Gasteiger charge is 1.91. The summed E-state index contributed by atoms with van der Waals surface area (Å²) in [5, 5.41) is 3.27. The van der Waals surface area contributed by atoms with Crippen molar-refractivity contribution < 1.29 is 0 Å². The minimum absolute atomic E-state index is 0.733. The third kappa shape index (κ3) is 6.07. The molecule has 2 nitrogen and oxygen atoms in total. The van der Waals surface area contributed by atoms with Crippen LogP contribution in [-0.2, 0) is 0 Å². The lowest BCUT2D eigenvalue weighted by molar-refractivity contribution is 0.678. The molecule has 0 aromatic carbocycles. The van der Waals surface area contributed by atoms with E-state index in [1.165, 1.54) is 12.0 Å². The summed E-state index contributed by atoms with van der Waals surface area (Å²) in [6.45, 7) is 7.02. The molecule has 66 valence electrons. The molecule has 0 fully saturated rings. The quantitative estimate of drug-likeness (QED) is 0.449. The zero-order valence-corrected chi connectivity index (χ0v) is 7.69. The van der Waals surface area contributed by atoms with E-state index in [2.05, 4.69) is 25.2 Å². The molecule has 0 radical (unpaired) electrons. The van der Waals surface area contributed by atoms with Gasteiger partial charge >= 0.3 is 0 Å². The summed E-state index contributed by atoms with van der Waals surface area (Å²) in [6, 6.07) is 0. The third-order valence-electron chi connectivity index (χ3n) is 1.81. The van der Waals surface area contributed by atoms with Crippen molar-refractivity contribution in [2.75, 3.05) is 19.6 Å². The first kappa shape index (κ1) is 10.7. The Morgan fingerprint density at radius 1 is 1.45 bits per heavy atom. The maximum atomic E-state index is 5.33. The molecule has 0 aromatic rings. The van der Waals surface area contributed by atoms with Gasteiger partial charge in [0.25, 0.3) is 0 Å². The molecule has 0 aliphatic carbocycles. The van der Waals surface area contributed by atoms with Crippen LogP contribution in [0.25, 0.3) is 0 Å². The molecule has 0 unspecified atom stereocenters. The number of allylic oxidation sites excluding steroid dienone is 1. The Morgan fingerprint density at radius 2 is 2.18 bits per heavy atom. The maximum absolute atomic E-state index is 5.33. The first-order valence-electron chi connectivity index (χ1n) is 4.40. The molecule has 0 aliphatic rings. The van der Waals surface area contributed by atoms with Gasteiger partial charge in [0, 0.05) is 13.1 Å². The van der Waals surface area contributed by atoms with E-state index in [9.17, 15) is 0 Å². The minimum atomic E-state index is 0.733. The van der Waals surface area contributed by atoms with Crippen molar-refractivity contribution in [3.05, 3.63) is 11.6 Å². The topological polar surface area (TPSA) is 38.0 Å². The Kier molecular flexibility index (Phi) is 7.52. The normalized spacial score (nSPS) is 12.1. The Bertz CT molecular complexity index is 108. The summed E-state index contributed by atoms with van der Waals surface area (Å²) in [5.74, 6) is 0. The molecular formula is C9H20N2. The van der Waals surface area contributed by atoms with Gasteiger partial charge in [-0.3, -0.25) is 0 Å². The average Bonchev–Trinajstić information content (AvgIpc) is 2.05. The number of hydrogen-bond acceptors (Lipinski definition) is 2. The Labute approximate surface area is 69.9 Å². The fourth-order valence-corrected chi connectivity index (χ4v) is 1.00. The van der Waals surface area contributed by atoms with Crippen LogP contribution in [0.5, 0.6) is 0 Å². The second kappa shape index (κ2) is 7.76. The predicted molar refractivity (Wildman–Crippen MR) is 50.6 cm³/mol. The first-order chi connectivity index (χ1) is 5.35. The third-order valence-corrected chi connectivity index (χ3v) is 1.81. The highest BCUT2D eigenvalue weighted by molar-refractivity contribution is 4.99. The van der Waals surface area contributed by atoms with Crippen molar-refractivity contribution in [2.24, 2.45) is 5.73 Å². The Hall–Kier alpha value is -0.340. The number of nitrogens with two attached hydrogens (primary N) is 1. The summed E-state index contributed by atoms with van der Waals surface area (Å²) >= 11 is 0. The van der Waals surface area contributed by atoms with E-state index in [4.69, 9.17) is 5.73 Å². The van der Waals surface area contributed by atoms with Crippen LogP contribution in [0.15, 0.2) is 11.6 Å². The van der Waals surface area contributed by atoms with E-state index in [0.29, 0.717) is 0 Å². The molecule has 0 aromatic heterocycles. The molecule has 0 heterocycles. The molecule has 0 atom stereocenters. The molecule has 0 amide bonds. The van der Waals surface area contributed by atoms with Crippen LogP contribution in [-0.4, -0.2) is 19.6 Å². The molecule has 0 saturated heterocycles. The van der Waals surface area contributed by atoms with Crippen LogP contribution in [0.2, 0.25) is 0 Å². The monoisotopic (exact) mass is 156 g/mol. The summed E-state index contributed by atoms with van der Waals surface area (Å²) in [7, 11) is 0. The van der Waals surface area contributed by atoms with Gasteiger partial charge in [-0.05, 0) is 26.3 Å². The van der Waals surface area contributed by atoms with E-state index in [1.807, 2.05) is 0 Å². The zero-order chi connectivity index (χ0) is 8.53. The van der Waals surface area contributed by atoms with Crippen LogP contribution in [0.1, 0.15) is 26.7 Å². The van der Waals surface area contributed by atoms with Crippen LogP contribution < -0.4 is 11.1 Å². The summed E-state index contributed by atoms with van der Waals surface area (Å²) in [4.78, 5) is 0.